The van der Waals surface area contributed by atoms with Gasteiger partial charge >= 0.3 is 0 Å². The molecule has 1 unspecified atom stereocenters. The van der Waals surface area contributed by atoms with Crippen LogP contribution in [0.4, 0.5) is 11.6 Å². The minimum absolute atomic E-state index is 0.144. The topological polar surface area (TPSA) is 172 Å². The number of anilines is 2. The molecule has 1 atom stereocenters. The number of hydrogen-bond donors (Lipinski definition) is 3. The zero-order chi connectivity index (χ0) is 46.5. The second-order valence-corrected chi connectivity index (χ2v) is 25.7. The van der Waals surface area contributed by atoms with Crippen LogP contribution in [0.25, 0.3) is 42.3 Å². The lowest BCUT2D eigenvalue weighted by molar-refractivity contribution is 0.199. The fourth-order valence-corrected chi connectivity index (χ4v) is 11.6. The van der Waals surface area contributed by atoms with Crippen molar-refractivity contribution in [3.63, 3.8) is 0 Å². The standard InChI is InChI=1S/C16H14BrN3OS.C9H7BrN2O2S2.C9H7BrN2S2.C8H5BrN2S2/c1-10(21)11-3-2-4-12(9-11)19-16-18-8-7-13(20-16)14-5-6-15(17)22-14;1-16(13,14)9-11-5-4-6(12-9)7-2-3-8(10)15-7;1-13-9-11-5-4-6(12-9)7-2-3-8(10)14-7;9-7-2-1-6(13-7)5-3-4-10-8(12)11-5/h2-10,21H,1H3,(H,18,19,20);2-5H,1H3;2-5H,1H3;1-4H,(H,10,11,12). The number of aliphatic hydroxyl groups is 1. The third-order valence-corrected chi connectivity index (χ3v) is 16.3. The Morgan fingerprint density at radius 1 is 0.662 bits per heavy atom. The van der Waals surface area contributed by atoms with Gasteiger partial charge in [-0.3, -0.25) is 0 Å². The van der Waals surface area contributed by atoms with Crippen molar-refractivity contribution < 1.29 is 13.5 Å². The molecule has 0 aliphatic carbocycles. The summed E-state index contributed by atoms with van der Waals surface area (Å²) < 4.78 is 27.4. The predicted molar refractivity (Wildman–Crippen MR) is 285 cm³/mol. The molecule has 0 aliphatic heterocycles. The molecule has 8 aromatic heterocycles. The lowest BCUT2D eigenvalue weighted by Crippen LogP contribution is -2.03. The molecule has 0 aliphatic rings. The first-order valence-electron chi connectivity index (χ1n) is 18.5. The Morgan fingerprint density at radius 2 is 1.17 bits per heavy atom. The average Bonchev–Trinajstić information content (AvgIpc) is 4.14. The highest BCUT2D eigenvalue weighted by atomic mass is 79.9. The van der Waals surface area contributed by atoms with Crippen molar-refractivity contribution >= 4 is 155 Å². The third kappa shape index (κ3) is 15.8. The third-order valence-electron chi connectivity index (χ3n) is 8.05. The van der Waals surface area contributed by atoms with Gasteiger partial charge in [0.2, 0.25) is 20.9 Å². The average molecular weight is 1260 g/mol. The van der Waals surface area contributed by atoms with Crippen LogP contribution in [0.1, 0.15) is 18.6 Å². The van der Waals surface area contributed by atoms with E-state index in [0.717, 1.165) is 74.4 Å². The number of thioether (sulfide) groups is 1. The Hall–Kier alpha value is -3.46. The van der Waals surface area contributed by atoms with Gasteiger partial charge in [-0.1, -0.05) is 23.9 Å². The molecular formula is C42H33Br4N9O3S7. The summed E-state index contributed by atoms with van der Waals surface area (Å²) >= 11 is 26.6. The van der Waals surface area contributed by atoms with E-state index in [9.17, 15) is 13.5 Å². The van der Waals surface area contributed by atoms with E-state index in [1.165, 1.54) is 17.5 Å². The Morgan fingerprint density at radius 3 is 1.68 bits per heavy atom. The van der Waals surface area contributed by atoms with Crippen LogP contribution in [0.3, 0.4) is 0 Å². The molecule has 8 heterocycles. The highest BCUT2D eigenvalue weighted by Gasteiger charge is 2.13. The molecule has 1 aromatic carbocycles. The van der Waals surface area contributed by atoms with Crippen LogP contribution < -0.4 is 5.32 Å². The summed E-state index contributed by atoms with van der Waals surface area (Å²) in [6.07, 6.45) is 9.25. The maximum atomic E-state index is 11.3. The van der Waals surface area contributed by atoms with Crippen molar-refractivity contribution in [3.05, 3.63) is 147 Å². The molecule has 0 fully saturated rings. The second kappa shape index (κ2) is 24.5. The quantitative estimate of drug-likeness (QED) is 0.0709. The van der Waals surface area contributed by atoms with Crippen molar-refractivity contribution in [2.75, 3.05) is 17.8 Å². The maximum Gasteiger partial charge on any atom is 0.247 e. The van der Waals surface area contributed by atoms with Crippen LogP contribution in [-0.2, 0) is 9.84 Å². The monoisotopic (exact) mass is 1250 g/mol. The molecule has 0 spiro atoms. The number of thiophene rings is 4. The minimum atomic E-state index is -3.36. The zero-order valence-corrected chi connectivity index (χ0v) is 45.9. The molecule has 9 rings (SSSR count). The second-order valence-electron chi connectivity index (χ2n) is 12.8. The largest absolute Gasteiger partial charge is 0.389 e. The fourth-order valence-electron chi connectivity index (χ4n) is 5.12. The Balaban J connectivity index is 0.000000147. The molecule has 0 bridgehead atoms. The van der Waals surface area contributed by atoms with Gasteiger partial charge in [0.05, 0.1) is 63.5 Å². The summed E-state index contributed by atoms with van der Waals surface area (Å²) in [6, 6.07) is 30.9. The summed E-state index contributed by atoms with van der Waals surface area (Å²) in [7, 11) is -3.36. The normalized spacial score (nSPS) is 11.3. The first-order chi connectivity index (χ1) is 31.1. The van der Waals surface area contributed by atoms with Crippen molar-refractivity contribution in [2.24, 2.45) is 0 Å². The van der Waals surface area contributed by atoms with E-state index in [2.05, 4.69) is 115 Å². The molecule has 12 nitrogen and oxygen atoms in total. The van der Waals surface area contributed by atoms with Crippen LogP contribution in [-0.4, -0.2) is 65.9 Å². The molecule has 3 N–H and O–H groups in total. The molecular weight excluding hydrogens is 1220 g/mol. The number of benzene rings is 1. The van der Waals surface area contributed by atoms with Gasteiger partial charge in [0, 0.05) is 36.7 Å². The molecule has 0 amide bonds. The van der Waals surface area contributed by atoms with Crippen LogP contribution in [0.15, 0.2) is 147 Å². The zero-order valence-electron chi connectivity index (χ0n) is 33.9. The number of halogens is 4. The minimum Gasteiger partial charge on any atom is -0.389 e. The van der Waals surface area contributed by atoms with Gasteiger partial charge in [-0.2, -0.15) is 0 Å². The first-order valence-corrected chi connectivity index (χ1v) is 28.5. The summed E-state index contributed by atoms with van der Waals surface area (Å²) in [5, 5.41) is 13.5. The van der Waals surface area contributed by atoms with Crippen molar-refractivity contribution in [2.45, 2.75) is 23.3 Å². The van der Waals surface area contributed by atoms with Crippen molar-refractivity contribution in [1.82, 2.24) is 39.9 Å². The number of aromatic amines is 1. The van der Waals surface area contributed by atoms with Crippen LogP contribution in [0.5, 0.6) is 0 Å². The van der Waals surface area contributed by atoms with Crippen LogP contribution in [0.2, 0.25) is 0 Å². The van der Waals surface area contributed by atoms with E-state index < -0.39 is 15.9 Å². The van der Waals surface area contributed by atoms with Crippen molar-refractivity contribution in [3.8, 4) is 42.3 Å². The first kappa shape index (κ1) is 50.9. The van der Waals surface area contributed by atoms with Crippen LogP contribution in [0, 0.1) is 4.77 Å². The van der Waals surface area contributed by atoms with E-state index in [4.69, 9.17) is 12.2 Å². The van der Waals surface area contributed by atoms with E-state index >= 15 is 0 Å². The summed E-state index contributed by atoms with van der Waals surface area (Å²) in [4.78, 5) is 36.3. The smallest absolute Gasteiger partial charge is 0.247 e. The fraction of sp³-hybridized carbons (Fsp3) is 0.0952. The van der Waals surface area contributed by atoms with Gasteiger partial charge < -0.3 is 15.4 Å². The van der Waals surface area contributed by atoms with Gasteiger partial charge in [0.15, 0.2) is 9.93 Å². The van der Waals surface area contributed by atoms with Gasteiger partial charge in [-0.15, -0.1) is 45.3 Å². The summed E-state index contributed by atoms with van der Waals surface area (Å²) in [6.45, 7) is 1.74. The number of hydrogen-bond acceptors (Lipinski definition) is 17. The van der Waals surface area contributed by atoms with Gasteiger partial charge in [0.1, 0.15) is 0 Å². The van der Waals surface area contributed by atoms with E-state index in [1.54, 1.807) is 77.4 Å². The number of nitrogens with zero attached hydrogens (tertiary/aromatic N) is 7. The van der Waals surface area contributed by atoms with Gasteiger partial charge in [-0.25, -0.2) is 43.3 Å². The maximum absolute atomic E-state index is 11.3. The number of rotatable bonds is 9. The SMILES string of the molecule is CC(O)c1cccc(Nc2nccc(-c3ccc(Br)s3)n2)c1.CS(=O)(=O)c1nccc(-c2ccc(Br)s2)n1.CSc1nccc(-c2ccc(Br)s2)n1.S=c1nccc(-c2ccc(Br)s2)[nH]1. The number of H-pyrrole nitrogens is 1. The Bertz CT molecular complexity index is 3160. The van der Waals surface area contributed by atoms with E-state index in [1.807, 2.05) is 91.2 Å². The van der Waals surface area contributed by atoms with Gasteiger partial charge in [-0.05, 0) is 180 Å². The molecule has 0 radical (unpaired) electrons. The van der Waals surface area contributed by atoms with Crippen LogP contribution >= 0.6 is 133 Å². The van der Waals surface area contributed by atoms with Crippen molar-refractivity contribution in [1.29, 1.82) is 0 Å². The molecule has 334 valence electrons. The molecule has 0 saturated heterocycles. The highest BCUT2D eigenvalue weighted by Crippen LogP contribution is 2.33. The summed E-state index contributed by atoms with van der Waals surface area (Å²) in [5.41, 5.74) is 5.19. The Kier molecular flexibility index (Phi) is 19.2. The predicted octanol–water partition coefficient (Wildman–Crippen LogP) is 14.5. The molecule has 9 aromatic rings. The van der Waals surface area contributed by atoms with Gasteiger partial charge in [0.25, 0.3) is 0 Å². The number of aliphatic hydroxyl groups excluding tert-OH is 1. The molecule has 23 heteroatoms. The Labute approximate surface area is 434 Å². The molecule has 65 heavy (non-hydrogen) atoms. The number of aromatic nitrogens is 8. The molecule has 0 saturated carbocycles. The highest BCUT2D eigenvalue weighted by molar-refractivity contribution is 9.11. The van der Waals surface area contributed by atoms with E-state index in [-0.39, 0.29) is 5.16 Å². The number of sulfone groups is 1. The lowest BCUT2D eigenvalue weighted by Gasteiger charge is -2.09. The van der Waals surface area contributed by atoms with E-state index in [0.29, 0.717) is 16.4 Å². The lowest BCUT2D eigenvalue weighted by atomic mass is 10.1. The summed E-state index contributed by atoms with van der Waals surface area (Å²) in [5.74, 6) is 0.532. The number of nitrogens with one attached hydrogen (secondary N) is 2.